The smallest absolute Gasteiger partial charge is 0.325 e. The van der Waals surface area contributed by atoms with Gasteiger partial charge in [-0.3, -0.25) is 14.5 Å². The fourth-order valence-corrected chi connectivity index (χ4v) is 3.95. The zero-order chi connectivity index (χ0) is 21.0. The molecule has 0 aromatic heterocycles. The molecule has 29 heavy (non-hydrogen) atoms. The molecule has 158 valence electrons. The zero-order valence-corrected chi connectivity index (χ0v) is 17.0. The van der Waals surface area contributed by atoms with Crippen LogP contribution in [0.5, 0.6) is 17.2 Å². The number of imide groups is 1. The highest BCUT2D eigenvalue weighted by atomic mass is 16.5. The topological polar surface area (TPSA) is 106 Å². The predicted molar refractivity (Wildman–Crippen MR) is 104 cm³/mol. The van der Waals surface area contributed by atoms with Crippen LogP contribution in [0.1, 0.15) is 42.5 Å². The van der Waals surface area contributed by atoms with Crippen molar-refractivity contribution in [2.24, 2.45) is 0 Å². The van der Waals surface area contributed by atoms with Gasteiger partial charge in [-0.15, -0.1) is 0 Å². The van der Waals surface area contributed by atoms with Crippen LogP contribution in [0.25, 0.3) is 0 Å². The van der Waals surface area contributed by atoms with Crippen LogP contribution in [0.15, 0.2) is 12.1 Å². The van der Waals surface area contributed by atoms with Crippen LogP contribution < -0.4 is 24.8 Å². The Kier molecular flexibility index (Phi) is 6.14. The van der Waals surface area contributed by atoms with Crippen molar-refractivity contribution in [3.63, 3.8) is 0 Å². The van der Waals surface area contributed by atoms with Gasteiger partial charge >= 0.3 is 6.03 Å². The first-order valence-corrected chi connectivity index (χ1v) is 9.68. The summed E-state index contributed by atoms with van der Waals surface area (Å²) in [6.07, 6.45) is 3.76. The number of methoxy groups -OCH3 is 3. The summed E-state index contributed by atoms with van der Waals surface area (Å²) in [4.78, 5) is 38.5. The van der Waals surface area contributed by atoms with Gasteiger partial charge in [-0.1, -0.05) is 12.8 Å². The first-order valence-electron chi connectivity index (χ1n) is 9.68. The minimum Gasteiger partial charge on any atom is -0.493 e. The van der Waals surface area contributed by atoms with Gasteiger partial charge in [0, 0.05) is 18.7 Å². The number of carbonyl (C=O) groups excluding carboxylic acids is 3. The van der Waals surface area contributed by atoms with Crippen LogP contribution >= 0.6 is 0 Å². The average Bonchev–Trinajstić information content (AvgIpc) is 3.29. The number of nitrogens with zero attached hydrogens (tertiary/aromatic N) is 1. The van der Waals surface area contributed by atoms with Gasteiger partial charge in [-0.2, -0.15) is 0 Å². The lowest BCUT2D eigenvalue weighted by molar-refractivity contribution is -0.131. The van der Waals surface area contributed by atoms with Crippen molar-refractivity contribution >= 4 is 17.8 Å². The second kappa shape index (κ2) is 8.59. The van der Waals surface area contributed by atoms with Gasteiger partial charge in [-0.25, -0.2) is 4.79 Å². The van der Waals surface area contributed by atoms with E-state index < -0.39 is 5.54 Å². The Bertz CT molecular complexity index is 778. The molecule has 0 bridgehead atoms. The molecule has 1 aromatic rings. The molecular formula is C20H27N3O6. The number of urea groups is 1. The Labute approximate surface area is 169 Å². The van der Waals surface area contributed by atoms with Crippen LogP contribution in [0.3, 0.4) is 0 Å². The molecule has 2 N–H and O–H groups in total. The fourth-order valence-electron chi connectivity index (χ4n) is 3.95. The van der Waals surface area contributed by atoms with Gasteiger partial charge in [0.25, 0.3) is 11.8 Å². The molecule has 0 unspecified atom stereocenters. The maximum absolute atomic E-state index is 12.6. The largest absolute Gasteiger partial charge is 0.493 e. The molecule has 1 aliphatic carbocycles. The summed E-state index contributed by atoms with van der Waals surface area (Å²) in [5, 5.41) is 5.64. The van der Waals surface area contributed by atoms with Gasteiger partial charge in [0.05, 0.1) is 21.3 Å². The molecule has 1 heterocycles. The third-order valence-corrected chi connectivity index (χ3v) is 5.47. The lowest BCUT2D eigenvalue weighted by atomic mass is 9.98. The number of rotatable bonds is 8. The SMILES string of the molecule is COc1cc(C(=O)NCCCN2C(=O)NC3(CCCC3)C2=O)cc(OC)c1OC. The van der Waals surface area contributed by atoms with E-state index in [2.05, 4.69) is 10.6 Å². The van der Waals surface area contributed by atoms with Crippen LogP contribution in [-0.2, 0) is 4.79 Å². The van der Waals surface area contributed by atoms with Crippen LogP contribution in [-0.4, -0.2) is 62.7 Å². The van der Waals surface area contributed by atoms with Gasteiger partial charge in [0.1, 0.15) is 5.54 Å². The van der Waals surface area contributed by atoms with E-state index in [1.807, 2.05) is 0 Å². The normalized spacial score (nSPS) is 17.4. The zero-order valence-electron chi connectivity index (χ0n) is 17.0. The highest BCUT2D eigenvalue weighted by molar-refractivity contribution is 6.07. The van der Waals surface area contributed by atoms with E-state index in [0.717, 1.165) is 12.8 Å². The monoisotopic (exact) mass is 405 g/mol. The summed E-state index contributed by atoms with van der Waals surface area (Å²) < 4.78 is 15.8. The highest BCUT2D eigenvalue weighted by Gasteiger charge is 2.51. The van der Waals surface area contributed by atoms with E-state index in [4.69, 9.17) is 14.2 Å². The Balaban J connectivity index is 1.55. The number of carbonyl (C=O) groups is 3. The lowest BCUT2D eigenvalue weighted by Gasteiger charge is -2.20. The standard InChI is InChI=1S/C20H27N3O6/c1-27-14-11-13(12-15(28-2)16(14)29-3)17(24)21-9-6-10-23-18(25)20(22-19(23)26)7-4-5-8-20/h11-12H,4-10H2,1-3H3,(H,21,24)(H,22,26). The van der Waals surface area contributed by atoms with E-state index in [0.29, 0.717) is 48.6 Å². The van der Waals surface area contributed by atoms with Gasteiger partial charge in [0.2, 0.25) is 5.75 Å². The molecule has 9 nitrogen and oxygen atoms in total. The number of ether oxygens (including phenoxy) is 3. The van der Waals surface area contributed by atoms with Crippen molar-refractivity contribution in [3.05, 3.63) is 17.7 Å². The quantitative estimate of drug-likeness (QED) is 0.504. The van der Waals surface area contributed by atoms with Gasteiger partial charge < -0.3 is 24.8 Å². The molecule has 3 rings (SSSR count). The van der Waals surface area contributed by atoms with E-state index in [9.17, 15) is 14.4 Å². The Hall–Kier alpha value is -2.97. The fraction of sp³-hybridized carbons (Fsp3) is 0.550. The maximum Gasteiger partial charge on any atom is 0.325 e. The Morgan fingerprint density at radius 3 is 2.28 bits per heavy atom. The van der Waals surface area contributed by atoms with Crippen molar-refractivity contribution < 1.29 is 28.6 Å². The number of hydrogen-bond donors (Lipinski definition) is 2. The Morgan fingerprint density at radius 1 is 1.10 bits per heavy atom. The minimum absolute atomic E-state index is 0.143. The Morgan fingerprint density at radius 2 is 1.72 bits per heavy atom. The van der Waals surface area contributed by atoms with E-state index in [1.165, 1.54) is 26.2 Å². The minimum atomic E-state index is -0.698. The van der Waals surface area contributed by atoms with Gasteiger partial charge in [0.15, 0.2) is 11.5 Å². The summed E-state index contributed by atoms with van der Waals surface area (Å²) in [6.45, 7) is 0.585. The third-order valence-electron chi connectivity index (χ3n) is 5.47. The highest BCUT2D eigenvalue weighted by Crippen LogP contribution is 2.38. The molecular weight excluding hydrogens is 378 g/mol. The average molecular weight is 405 g/mol. The molecule has 0 radical (unpaired) electrons. The molecule has 1 spiro atoms. The van der Waals surface area contributed by atoms with Crippen molar-refractivity contribution in [3.8, 4) is 17.2 Å². The predicted octanol–water partition coefficient (Wildman–Crippen LogP) is 1.70. The maximum atomic E-state index is 12.6. The van der Waals surface area contributed by atoms with E-state index in [1.54, 1.807) is 12.1 Å². The van der Waals surface area contributed by atoms with Crippen molar-refractivity contribution in [1.82, 2.24) is 15.5 Å². The molecule has 0 atom stereocenters. The summed E-state index contributed by atoms with van der Waals surface area (Å²) in [6, 6.07) is 2.79. The molecule has 1 saturated heterocycles. The molecule has 4 amide bonds. The summed E-state index contributed by atoms with van der Waals surface area (Å²) in [5.74, 6) is 0.729. The van der Waals surface area contributed by atoms with Crippen molar-refractivity contribution in [2.75, 3.05) is 34.4 Å². The molecule has 9 heteroatoms. The van der Waals surface area contributed by atoms with E-state index >= 15 is 0 Å². The van der Waals surface area contributed by atoms with E-state index in [-0.39, 0.29) is 24.4 Å². The second-order valence-electron chi connectivity index (χ2n) is 7.20. The third kappa shape index (κ3) is 3.94. The number of hydrogen-bond acceptors (Lipinski definition) is 6. The van der Waals surface area contributed by atoms with Gasteiger partial charge in [-0.05, 0) is 31.4 Å². The van der Waals surface area contributed by atoms with Crippen LogP contribution in [0.4, 0.5) is 4.79 Å². The molecule has 1 aromatic carbocycles. The lowest BCUT2D eigenvalue weighted by Crippen LogP contribution is -2.44. The second-order valence-corrected chi connectivity index (χ2v) is 7.20. The number of benzene rings is 1. The number of amides is 4. The van der Waals surface area contributed by atoms with Crippen molar-refractivity contribution in [2.45, 2.75) is 37.6 Å². The summed E-state index contributed by atoms with van der Waals surface area (Å²) in [7, 11) is 4.45. The molecule has 2 fully saturated rings. The summed E-state index contributed by atoms with van der Waals surface area (Å²) >= 11 is 0. The molecule has 1 saturated carbocycles. The van der Waals surface area contributed by atoms with Crippen LogP contribution in [0, 0.1) is 0 Å². The first kappa shape index (κ1) is 20.8. The van der Waals surface area contributed by atoms with Crippen LogP contribution in [0.2, 0.25) is 0 Å². The summed E-state index contributed by atoms with van der Waals surface area (Å²) in [5.41, 5.74) is -0.337. The number of nitrogens with one attached hydrogen (secondary N) is 2. The molecule has 2 aliphatic rings. The first-order chi connectivity index (χ1) is 14.0. The molecule has 1 aliphatic heterocycles. The van der Waals surface area contributed by atoms with Crippen molar-refractivity contribution in [1.29, 1.82) is 0 Å².